The van der Waals surface area contributed by atoms with E-state index >= 15 is 0 Å². The smallest absolute Gasteiger partial charge is 0.360 e. The van der Waals surface area contributed by atoms with Gasteiger partial charge in [0, 0.05) is 49.7 Å². The monoisotopic (exact) mass is 660 g/mol. The molecule has 20 heteroatoms. The van der Waals surface area contributed by atoms with E-state index in [1.807, 2.05) is 0 Å². The van der Waals surface area contributed by atoms with E-state index in [9.17, 15) is 19.2 Å². The van der Waals surface area contributed by atoms with E-state index < -0.39 is 11.9 Å². The van der Waals surface area contributed by atoms with Crippen LogP contribution in [0.5, 0.6) is 0 Å². The Morgan fingerprint density at radius 1 is 0.583 bits per heavy atom. The predicted molar refractivity (Wildman–Crippen MR) is 163 cm³/mol. The third-order valence-electron chi connectivity index (χ3n) is 6.48. The number of nitrogens with one attached hydrogen (secondary N) is 2. The van der Waals surface area contributed by atoms with Crippen molar-refractivity contribution in [1.82, 2.24) is 60.0 Å². The number of rotatable bonds is 16. The average molecular weight is 661 g/mol. The zero-order chi connectivity index (χ0) is 33.9. The zero-order valence-electron chi connectivity index (χ0n) is 26.1. The summed E-state index contributed by atoms with van der Waals surface area (Å²) in [5.41, 5.74) is 2.58. The standard InChI is InChI=1S/C28H32N14O6/c1-3-47-27(45)23-15-39(37-33-23)11-9-21-13-41(35-31-21)17-25(43)29-19-5-7-20(8-6-19)30-26(44)18-42-14-22(32-36-42)10-12-40-16-24(34-38-40)28(46)48-4-2/h5-8,13-16H,3-4,9-12,17-18H2,1-2H3,(H,29,43)(H,30,44). The van der Waals surface area contributed by atoms with Gasteiger partial charge in [0.05, 0.1) is 37.0 Å². The Hall–Kier alpha value is -6.34. The van der Waals surface area contributed by atoms with Gasteiger partial charge in [0.1, 0.15) is 13.1 Å². The highest BCUT2D eigenvalue weighted by Crippen LogP contribution is 2.14. The molecule has 5 aromatic rings. The first kappa shape index (κ1) is 33.0. The van der Waals surface area contributed by atoms with Gasteiger partial charge in [-0.05, 0) is 38.1 Å². The minimum Gasteiger partial charge on any atom is -0.461 e. The lowest BCUT2D eigenvalue weighted by molar-refractivity contribution is -0.117. The van der Waals surface area contributed by atoms with Gasteiger partial charge in [0.25, 0.3) is 0 Å². The number of aromatic nitrogens is 12. The van der Waals surface area contributed by atoms with Crippen LogP contribution in [0.2, 0.25) is 0 Å². The van der Waals surface area contributed by atoms with E-state index in [0.29, 0.717) is 48.7 Å². The third kappa shape index (κ3) is 9.34. The first-order chi connectivity index (χ1) is 23.3. The number of benzene rings is 1. The molecule has 0 aliphatic rings. The van der Waals surface area contributed by atoms with Gasteiger partial charge in [-0.25, -0.2) is 19.0 Å². The van der Waals surface area contributed by atoms with Crippen LogP contribution in [0.15, 0.2) is 49.1 Å². The molecule has 0 spiro atoms. The van der Waals surface area contributed by atoms with Crippen LogP contribution in [-0.2, 0) is 58.1 Å². The summed E-state index contributed by atoms with van der Waals surface area (Å²) in [7, 11) is 0. The van der Waals surface area contributed by atoms with Crippen molar-refractivity contribution in [1.29, 1.82) is 0 Å². The molecule has 250 valence electrons. The Labute approximate surface area is 272 Å². The van der Waals surface area contributed by atoms with Crippen molar-refractivity contribution < 1.29 is 28.7 Å². The van der Waals surface area contributed by atoms with Gasteiger partial charge >= 0.3 is 11.9 Å². The molecule has 0 aliphatic heterocycles. The maximum atomic E-state index is 12.6. The fourth-order valence-corrected chi connectivity index (χ4v) is 4.26. The quantitative estimate of drug-likeness (QED) is 0.134. The number of hydrogen-bond acceptors (Lipinski definition) is 14. The molecular weight excluding hydrogens is 628 g/mol. The number of ether oxygens (including phenoxy) is 2. The lowest BCUT2D eigenvalue weighted by Gasteiger charge is -2.08. The van der Waals surface area contributed by atoms with Gasteiger partial charge in [-0.2, -0.15) is 0 Å². The third-order valence-corrected chi connectivity index (χ3v) is 6.48. The van der Waals surface area contributed by atoms with Crippen LogP contribution in [0.4, 0.5) is 11.4 Å². The van der Waals surface area contributed by atoms with Crippen LogP contribution in [-0.4, -0.2) is 96.9 Å². The molecule has 1 aromatic carbocycles. The number of amides is 2. The molecule has 0 saturated heterocycles. The summed E-state index contributed by atoms with van der Waals surface area (Å²) < 4.78 is 15.6. The fraction of sp³-hybridized carbons (Fsp3) is 0.357. The highest BCUT2D eigenvalue weighted by Gasteiger charge is 2.14. The SMILES string of the molecule is CCOC(=O)c1cn(CCc2cn(CC(=O)Nc3ccc(NC(=O)Cn4cc(CCn5cc(C(=O)OCC)nn5)nn4)cc3)nn2)nn1. The highest BCUT2D eigenvalue weighted by molar-refractivity contribution is 5.92. The van der Waals surface area contributed by atoms with Crippen molar-refractivity contribution in [2.24, 2.45) is 0 Å². The molecule has 5 rings (SSSR count). The van der Waals surface area contributed by atoms with Crippen molar-refractivity contribution in [2.45, 2.75) is 52.9 Å². The highest BCUT2D eigenvalue weighted by atomic mass is 16.5. The molecule has 0 aliphatic carbocycles. The summed E-state index contributed by atoms with van der Waals surface area (Å²) >= 11 is 0. The molecule has 0 saturated carbocycles. The van der Waals surface area contributed by atoms with Crippen LogP contribution in [0.3, 0.4) is 0 Å². The lowest BCUT2D eigenvalue weighted by Crippen LogP contribution is -2.20. The van der Waals surface area contributed by atoms with Crippen LogP contribution < -0.4 is 10.6 Å². The van der Waals surface area contributed by atoms with Crippen LogP contribution >= 0.6 is 0 Å². The summed E-state index contributed by atoms with van der Waals surface area (Å²) in [5, 5.41) is 37.1. The predicted octanol–water partition coefficient (Wildman–Crippen LogP) is 0.169. The Balaban J connectivity index is 1.02. The van der Waals surface area contributed by atoms with Crippen molar-refractivity contribution in [3.8, 4) is 0 Å². The van der Waals surface area contributed by atoms with Crippen molar-refractivity contribution in [3.63, 3.8) is 0 Å². The van der Waals surface area contributed by atoms with Crippen molar-refractivity contribution in [2.75, 3.05) is 23.8 Å². The van der Waals surface area contributed by atoms with Crippen LogP contribution in [0.1, 0.15) is 46.2 Å². The van der Waals surface area contributed by atoms with Crippen LogP contribution in [0, 0.1) is 0 Å². The Bertz CT molecular complexity index is 1720. The van der Waals surface area contributed by atoms with Crippen LogP contribution in [0.25, 0.3) is 0 Å². The summed E-state index contributed by atoms with van der Waals surface area (Å²) in [6.07, 6.45) is 7.22. The number of carbonyl (C=O) groups is 4. The van der Waals surface area contributed by atoms with E-state index in [4.69, 9.17) is 9.47 Å². The second kappa shape index (κ2) is 15.8. The number of anilines is 2. The van der Waals surface area contributed by atoms with E-state index in [0.717, 1.165) is 0 Å². The van der Waals surface area contributed by atoms with Gasteiger partial charge in [-0.1, -0.05) is 20.9 Å². The first-order valence-electron chi connectivity index (χ1n) is 14.9. The minimum atomic E-state index is -0.537. The van der Waals surface area contributed by atoms with E-state index in [-0.39, 0.29) is 49.5 Å². The summed E-state index contributed by atoms with van der Waals surface area (Å²) in [5.74, 6) is -1.71. The molecular formula is C28H32N14O6. The topological polar surface area (TPSA) is 234 Å². The average Bonchev–Trinajstić information content (AvgIpc) is 3.89. The molecule has 20 nitrogen and oxygen atoms in total. The fourth-order valence-electron chi connectivity index (χ4n) is 4.26. The second-order valence-electron chi connectivity index (χ2n) is 10.2. The number of aryl methyl sites for hydroxylation is 4. The largest absolute Gasteiger partial charge is 0.461 e. The number of esters is 2. The molecule has 48 heavy (non-hydrogen) atoms. The number of carbonyl (C=O) groups excluding carboxylic acids is 4. The summed E-state index contributed by atoms with van der Waals surface area (Å²) in [6.45, 7) is 4.61. The summed E-state index contributed by atoms with van der Waals surface area (Å²) in [4.78, 5) is 48.6. The molecule has 0 atom stereocenters. The Morgan fingerprint density at radius 2 is 0.979 bits per heavy atom. The molecule has 0 bridgehead atoms. The molecule has 4 aromatic heterocycles. The summed E-state index contributed by atoms with van der Waals surface area (Å²) in [6, 6.07) is 6.64. The van der Waals surface area contributed by atoms with E-state index in [1.165, 1.54) is 31.1 Å². The minimum absolute atomic E-state index is 0.0603. The molecule has 0 unspecified atom stereocenters. The first-order valence-corrected chi connectivity index (χ1v) is 14.9. The molecule has 0 radical (unpaired) electrons. The van der Waals surface area contributed by atoms with Crippen molar-refractivity contribution in [3.05, 3.63) is 71.8 Å². The van der Waals surface area contributed by atoms with Gasteiger partial charge in [-0.15, -0.1) is 20.4 Å². The lowest BCUT2D eigenvalue weighted by atomic mass is 10.2. The van der Waals surface area contributed by atoms with Gasteiger partial charge in [-0.3, -0.25) is 19.0 Å². The molecule has 0 fully saturated rings. The zero-order valence-corrected chi connectivity index (χ0v) is 26.1. The van der Waals surface area contributed by atoms with E-state index in [1.54, 1.807) is 50.5 Å². The second-order valence-corrected chi connectivity index (χ2v) is 10.2. The van der Waals surface area contributed by atoms with Crippen molar-refractivity contribution >= 4 is 35.1 Å². The molecule has 2 amide bonds. The Morgan fingerprint density at radius 3 is 1.38 bits per heavy atom. The Kier molecular flexibility index (Phi) is 10.9. The van der Waals surface area contributed by atoms with E-state index in [2.05, 4.69) is 51.9 Å². The number of nitrogens with zero attached hydrogens (tertiary/aromatic N) is 12. The molecule has 4 heterocycles. The van der Waals surface area contributed by atoms with Gasteiger partial charge in [0.15, 0.2) is 11.4 Å². The van der Waals surface area contributed by atoms with Gasteiger partial charge < -0.3 is 20.1 Å². The van der Waals surface area contributed by atoms with Gasteiger partial charge in [0.2, 0.25) is 11.8 Å². The normalized spacial score (nSPS) is 10.9. The molecule has 2 N–H and O–H groups in total. The maximum Gasteiger partial charge on any atom is 0.360 e. The number of hydrogen-bond donors (Lipinski definition) is 2. The maximum absolute atomic E-state index is 12.6.